The van der Waals surface area contributed by atoms with Crippen LogP contribution < -0.4 is 5.73 Å². The van der Waals surface area contributed by atoms with Gasteiger partial charge in [0.05, 0.1) is 5.60 Å². The molecule has 1 atom stereocenters. The number of aliphatic hydroxyl groups is 1. The van der Waals surface area contributed by atoms with E-state index in [9.17, 15) is 14.3 Å². The van der Waals surface area contributed by atoms with Crippen LogP contribution in [0, 0.1) is 5.82 Å². The van der Waals surface area contributed by atoms with Crippen molar-refractivity contribution in [2.24, 2.45) is 5.73 Å². The number of carbonyl (C=O) groups excluding carboxylic acids is 1. The number of amides is 1. The van der Waals surface area contributed by atoms with E-state index < -0.39 is 11.5 Å². The first-order valence-corrected chi connectivity index (χ1v) is 6.90. The number of nitrogens with zero attached hydrogens (tertiary/aromatic N) is 1. The van der Waals surface area contributed by atoms with Crippen molar-refractivity contribution in [1.82, 2.24) is 4.90 Å². The first-order valence-electron chi connectivity index (χ1n) is 6.90. The Morgan fingerprint density at radius 3 is 2.90 bits per heavy atom. The van der Waals surface area contributed by atoms with Gasteiger partial charge >= 0.3 is 0 Å². The van der Waals surface area contributed by atoms with E-state index >= 15 is 0 Å². The van der Waals surface area contributed by atoms with Crippen LogP contribution in [0.5, 0.6) is 0 Å². The van der Waals surface area contributed by atoms with Crippen LogP contribution in [-0.4, -0.2) is 34.6 Å². The molecule has 3 N–H and O–H groups in total. The minimum atomic E-state index is -0.637. The van der Waals surface area contributed by atoms with Crippen molar-refractivity contribution in [3.8, 4) is 0 Å². The molecule has 0 aromatic heterocycles. The van der Waals surface area contributed by atoms with Gasteiger partial charge in [0, 0.05) is 24.2 Å². The summed E-state index contributed by atoms with van der Waals surface area (Å²) in [4.78, 5) is 13.3. The Morgan fingerprint density at radius 1 is 1.45 bits per heavy atom. The lowest BCUT2D eigenvalue weighted by molar-refractivity contribution is 0.0444. The van der Waals surface area contributed by atoms with Gasteiger partial charge in [0.25, 0.3) is 0 Å². The van der Waals surface area contributed by atoms with Crippen LogP contribution >= 0.6 is 0 Å². The molecule has 0 saturated carbocycles. The van der Waals surface area contributed by atoms with E-state index in [1.807, 2.05) is 6.92 Å². The number of likely N-dealkylation sites (tertiary alicyclic amines) is 1. The molecule has 1 saturated heterocycles. The molecular formula is C15H21FN2O2. The molecule has 1 amide bonds. The van der Waals surface area contributed by atoms with Gasteiger partial charge in [0.2, 0.25) is 5.91 Å². The Hall–Kier alpha value is -1.46. The summed E-state index contributed by atoms with van der Waals surface area (Å²) in [6.45, 7) is 3.80. The summed E-state index contributed by atoms with van der Waals surface area (Å²) in [7, 11) is 0. The average molecular weight is 280 g/mol. The van der Waals surface area contributed by atoms with Crippen molar-refractivity contribution in [1.29, 1.82) is 0 Å². The molecule has 1 aliphatic rings. The van der Waals surface area contributed by atoms with E-state index in [4.69, 9.17) is 5.73 Å². The maximum atomic E-state index is 13.8. The summed E-state index contributed by atoms with van der Waals surface area (Å²) in [5.41, 5.74) is 5.38. The summed E-state index contributed by atoms with van der Waals surface area (Å²) in [5, 5.41) is 10.0. The van der Waals surface area contributed by atoms with E-state index in [1.165, 1.54) is 18.2 Å². The Bertz CT molecular complexity index is 503. The van der Waals surface area contributed by atoms with Gasteiger partial charge in [-0.1, -0.05) is 0 Å². The molecule has 110 valence electrons. The van der Waals surface area contributed by atoms with Crippen LogP contribution in [0.15, 0.2) is 18.2 Å². The molecule has 5 heteroatoms. The quantitative estimate of drug-likeness (QED) is 0.885. The molecule has 1 fully saturated rings. The van der Waals surface area contributed by atoms with Gasteiger partial charge in [-0.05, 0) is 50.9 Å². The van der Waals surface area contributed by atoms with Gasteiger partial charge in [-0.3, -0.25) is 9.69 Å². The van der Waals surface area contributed by atoms with E-state index in [1.54, 1.807) is 0 Å². The van der Waals surface area contributed by atoms with Gasteiger partial charge < -0.3 is 10.8 Å². The summed E-state index contributed by atoms with van der Waals surface area (Å²) in [5.74, 6) is -0.879. The van der Waals surface area contributed by atoms with Gasteiger partial charge in [-0.15, -0.1) is 0 Å². The standard InChI is InChI=1S/C15H21FN2O2/c1-15(20)5-2-7-18(8-6-15)10-12-9-11(14(17)19)3-4-13(12)16/h3-4,9,20H,2,5-8,10H2,1H3,(H2,17,19). The number of rotatable bonds is 3. The smallest absolute Gasteiger partial charge is 0.248 e. The van der Waals surface area contributed by atoms with Gasteiger partial charge in [0.15, 0.2) is 0 Å². The van der Waals surface area contributed by atoms with E-state index in [2.05, 4.69) is 4.90 Å². The molecule has 1 aliphatic heterocycles. The first-order chi connectivity index (χ1) is 9.37. The van der Waals surface area contributed by atoms with Crippen molar-refractivity contribution < 1.29 is 14.3 Å². The largest absolute Gasteiger partial charge is 0.390 e. The Morgan fingerprint density at radius 2 is 2.20 bits per heavy atom. The lowest BCUT2D eigenvalue weighted by Gasteiger charge is -2.22. The zero-order valence-electron chi connectivity index (χ0n) is 11.7. The molecule has 1 heterocycles. The van der Waals surface area contributed by atoms with Gasteiger partial charge in [0.1, 0.15) is 5.82 Å². The Labute approximate surface area is 118 Å². The first kappa shape index (κ1) is 14.9. The highest BCUT2D eigenvalue weighted by Crippen LogP contribution is 2.23. The Kier molecular flexibility index (Phi) is 4.40. The number of nitrogens with two attached hydrogens (primary N) is 1. The lowest BCUT2D eigenvalue weighted by atomic mass is 9.98. The summed E-state index contributed by atoms with van der Waals surface area (Å²) in [6.07, 6.45) is 2.31. The summed E-state index contributed by atoms with van der Waals surface area (Å²) >= 11 is 0. The Balaban J connectivity index is 2.09. The predicted octanol–water partition coefficient (Wildman–Crippen LogP) is 1.66. The van der Waals surface area contributed by atoms with Crippen LogP contribution in [0.25, 0.3) is 0 Å². The van der Waals surface area contributed by atoms with E-state index in [-0.39, 0.29) is 5.82 Å². The second-order valence-corrected chi connectivity index (χ2v) is 5.80. The fourth-order valence-corrected chi connectivity index (χ4v) is 2.57. The van der Waals surface area contributed by atoms with E-state index in [0.717, 1.165) is 19.4 Å². The highest BCUT2D eigenvalue weighted by Gasteiger charge is 2.25. The molecule has 4 nitrogen and oxygen atoms in total. The maximum Gasteiger partial charge on any atom is 0.248 e. The molecular weight excluding hydrogens is 259 g/mol. The molecule has 1 aromatic carbocycles. The minimum Gasteiger partial charge on any atom is -0.390 e. The van der Waals surface area contributed by atoms with Crippen molar-refractivity contribution in [3.05, 3.63) is 35.1 Å². The fourth-order valence-electron chi connectivity index (χ4n) is 2.57. The van der Waals surface area contributed by atoms with Crippen LogP contribution in [0.2, 0.25) is 0 Å². The van der Waals surface area contributed by atoms with Crippen LogP contribution in [-0.2, 0) is 6.54 Å². The van der Waals surface area contributed by atoms with Crippen LogP contribution in [0.3, 0.4) is 0 Å². The number of halogens is 1. The fraction of sp³-hybridized carbons (Fsp3) is 0.533. The molecule has 1 unspecified atom stereocenters. The van der Waals surface area contributed by atoms with E-state index in [0.29, 0.717) is 30.6 Å². The summed E-state index contributed by atoms with van der Waals surface area (Å²) < 4.78 is 13.8. The molecule has 0 aliphatic carbocycles. The minimum absolute atomic E-state index is 0.322. The highest BCUT2D eigenvalue weighted by molar-refractivity contribution is 5.92. The van der Waals surface area contributed by atoms with Crippen molar-refractivity contribution in [2.75, 3.05) is 13.1 Å². The second kappa shape index (κ2) is 5.89. The molecule has 0 bridgehead atoms. The lowest BCUT2D eigenvalue weighted by Crippen LogP contribution is -2.28. The van der Waals surface area contributed by atoms with Crippen molar-refractivity contribution in [2.45, 2.75) is 38.3 Å². The molecule has 20 heavy (non-hydrogen) atoms. The number of carbonyl (C=O) groups is 1. The maximum absolute atomic E-state index is 13.8. The second-order valence-electron chi connectivity index (χ2n) is 5.80. The zero-order chi connectivity index (χ0) is 14.8. The summed E-state index contributed by atoms with van der Waals surface area (Å²) in [6, 6.07) is 4.19. The molecule has 0 radical (unpaired) electrons. The van der Waals surface area contributed by atoms with Crippen LogP contribution in [0.1, 0.15) is 42.1 Å². The zero-order valence-corrected chi connectivity index (χ0v) is 11.7. The van der Waals surface area contributed by atoms with Crippen molar-refractivity contribution in [3.63, 3.8) is 0 Å². The van der Waals surface area contributed by atoms with Gasteiger partial charge in [-0.2, -0.15) is 0 Å². The topological polar surface area (TPSA) is 66.6 Å². The SMILES string of the molecule is CC1(O)CCCN(Cc2cc(C(N)=O)ccc2F)CC1. The predicted molar refractivity (Wildman–Crippen MR) is 74.7 cm³/mol. The van der Waals surface area contributed by atoms with Gasteiger partial charge in [-0.25, -0.2) is 4.39 Å². The third-order valence-corrected chi connectivity index (χ3v) is 3.88. The van der Waals surface area contributed by atoms with Crippen molar-refractivity contribution >= 4 is 5.91 Å². The molecule has 2 rings (SSSR count). The highest BCUT2D eigenvalue weighted by atomic mass is 19.1. The number of hydrogen-bond donors (Lipinski definition) is 2. The third kappa shape index (κ3) is 3.77. The normalized spacial score (nSPS) is 24.4. The number of benzene rings is 1. The number of primary amides is 1. The molecule has 1 aromatic rings. The number of hydrogen-bond acceptors (Lipinski definition) is 3. The molecule has 0 spiro atoms. The monoisotopic (exact) mass is 280 g/mol. The average Bonchev–Trinajstić information content (AvgIpc) is 2.53. The third-order valence-electron chi connectivity index (χ3n) is 3.88. The van der Waals surface area contributed by atoms with Crippen LogP contribution in [0.4, 0.5) is 4.39 Å².